The van der Waals surface area contributed by atoms with Gasteiger partial charge < -0.3 is 50.0 Å². The zero-order valence-corrected chi connectivity index (χ0v) is 77.0. The van der Waals surface area contributed by atoms with Crippen LogP contribution in [0.1, 0.15) is 0 Å². The predicted molar refractivity (Wildman–Crippen MR) is 585 cm³/mol. The Morgan fingerprint density at radius 3 is 0.596 bits per heavy atom. The molecule has 0 spiro atoms. The lowest BCUT2D eigenvalue weighted by atomic mass is 10.1. The Kier molecular flexibility index (Phi) is 18.2. The van der Waals surface area contributed by atoms with Crippen LogP contribution in [0.5, 0.6) is 0 Å². The van der Waals surface area contributed by atoms with Gasteiger partial charge in [-0.05, 0) is 235 Å². The first kappa shape index (κ1) is 82.7. The predicted octanol–water partition coefficient (Wildman–Crippen LogP) is 29.5. The average Bonchev–Trinajstić information content (AvgIpc) is 1.51. The van der Waals surface area contributed by atoms with Gasteiger partial charge in [-0.3, -0.25) is 13.7 Å². The van der Waals surface area contributed by atoms with Gasteiger partial charge in [0.1, 0.15) is 16.7 Å². The summed E-state index contributed by atoms with van der Waals surface area (Å²) in [6.45, 7) is 0. The molecule has 0 aliphatic heterocycles. The molecule has 12 heterocycles. The fraction of sp³-hybridized carbons (Fsp3) is 0. The Labute approximate surface area is 822 Å². The second-order valence-electron chi connectivity index (χ2n) is 36.8. The Hall–Kier alpha value is -20.4. The van der Waals surface area contributed by atoms with Crippen molar-refractivity contribution in [2.24, 2.45) is 0 Å². The highest BCUT2D eigenvalue weighted by Gasteiger charge is 2.29. The molecule has 0 saturated carbocycles. The Morgan fingerprint density at radius 2 is 0.349 bits per heavy atom. The number of aromatic nitrogens is 6. The number of nitrogens with zero attached hydrogens (tertiary/aromatic N) is 8. The third-order valence-corrected chi connectivity index (χ3v) is 28.7. The van der Waals surface area contributed by atoms with Crippen molar-refractivity contribution < 1.29 is 26.5 Å². The molecule has 0 N–H and O–H groups in total. The van der Waals surface area contributed by atoms with E-state index in [0.717, 1.165) is 214 Å². The monoisotopic (exact) mass is 1890 g/mol. The Bertz CT molecular complexity index is 10300. The van der Waals surface area contributed by atoms with Gasteiger partial charge in [0.25, 0.3) is 0 Å². The normalized spacial score (nSPS) is 12.0. The number of fused-ring (bicyclic) bond motifs is 24. The maximum atomic E-state index is 13.4. The number of anilines is 6. The highest BCUT2D eigenvalue weighted by atomic mass is 16.4. The summed E-state index contributed by atoms with van der Waals surface area (Å²) < 4.78 is 48.0. The maximum Gasteiger partial charge on any atom is 0.345 e. The Balaban J connectivity index is 0.000000138. The first-order chi connectivity index (χ1) is 71.8. The van der Waals surface area contributed by atoms with Gasteiger partial charge in [-0.1, -0.05) is 164 Å². The highest BCUT2D eigenvalue weighted by Crippen LogP contribution is 2.49. The van der Waals surface area contributed by atoms with Crippen molar-refractivity contribution in [3.8, 4) is 34.7 Å². The molecule has 0 aliphatic rings. The summed E-state index contributed by atoms with van der Waals surface area (Å²) >= 11 is 0. The standard InChI is InChI=1S/2C63H36N4O6/c68-61-43-16-4-1-13-37(43)31-58(71-61)65-52-22-10-7-19-46(52)49-34-40(25-28-55(49)65)64(41-26-29-56-50(35-41)47-20-8-11-23-53(47)66(56)59-32-38-14-2-5-17-44(38)62(69)72-59)42-27-30-57-51(36-42)48-21-9-12-24-54(48)67(57)60-33-39-15-3-6-18-45(39)63(70)73-60;68-61-28-16-37-13-19-43(34-58(37)71-61)65-52-10-4-1-7-46(52)49-31-40(22-25-55(49)65)64(41-23-26-56-50(32-41)47-8-2-5-11-53(47)66(56)44-20-14-38-17-29-62(69)72-59(38)35-44)42-24-27-57-51(33-42)48-9-3-6-12-54(48)67(57)45-21-15-39-18-30-63(70)73-60(39)36-45/h2*1-36H. The maximum absolute atomic E-state index is 13.4. The molecule has 20 nitrogen and oxygen atoms in total. The molecule has 0 atom stereocenters. The van der Waals surface area contributed by atoms with Crippen molar-refractivity contribution in [3.63, 3.8) is 0 Å². The number of benzene rings is 18. The summed E-state index contributed by atoms with van der Waals surface area (Å²) in [6.07, 6.45) is 0. The molecule has 20 heteroatoms. The number of para-hydroxylation sites is 6. The molecule has 30 rings (SSSR count). The van der Waals surface area contributed by atoms with E-state index in [1.54, 1.807) is 36.4 Å². The van der Waals surface area contributed by atoms with Crippen LogP contribution in [0, 0.1) is 0 Å². The summed E-state index contributed by atoms with van der Waals surface area (Å²) in [7, 11) is 0. The molecule has 0 aliphatic carbocycles. The van der Waals surface area contributed by atoms with E-state index in [-0.39, 0.29) is 0 Å². The third-order valence-electron chi connectivity index (χ3n) is 28.7. The van der Waals surface area contributed by atoms with Crippen LogP contribution in [0.15, 0.2) is 492 Å². The van der Waals surface area contributed by atoms with Gasteiger partial charge in [-0.25, -0.2) is 28.8 Å². The Morgan fingerprint density at radius 1 is 0.151 bits per heavy atom. The van der Waals surface area contributed by atoms with E-state index in [1.807, 2.05) is 196 Å². The fourth-order valence-corrected chi connectivity index (χ4v) is 22.3. The first-order valence-corrected chi connectivity index (χ1v) is 47.8. The van der Waals surface area contributed by atoms with E-state index in [4.69, 9.17) is 26.5 Å². The van der Waals surface area contributed by atoms with Crippen LogP contribution in [-0.4, -0.2) is 27.4 Å². The molecule has 30 aromatic rings. The molecule has 146 heavy (non-hydrogen) atoms. The lowest BCUT2D eigenvalue weighted by Gasteiger charge is -2.26. The van der Waals surface area contributed by atoms with Gasteiger partial charge >= 0.3 is 33.8 Å². The third kappa shape index (κ3) is 13.0. The summed E-state index contributed by atoms with van der Waals surface area (Å²) in [4.78, 5) is 82.0. The van der Waals surface area contributed by atoms with E-state index in [0.29, 0.717) is 50.6 Å². The zero-order chi connectivity index (χ0) is 97.0. The van der Waals surface area contributed by atoms with E-state index < -0.39 is 33.8 Å². The van der Waals surface area contributed by atoms with Crippen molar-refractivity contribution in [1.82, 2.24) is 27.4 Å². The molecule has 0 saturated heterocycles. The average molecular weight is 1890 g/mol. The highest BCUT2D eigenvalue weighted by molar-refractivity contribution is 6.18. The molecule has 0 bridgehead atoms. The SMILES string of the molecule is O=c1ccc2ccc(-n3c4ccccc4c4cc(N(c5ccc6c(c5)c5ccccc5n6-c5ccc6ccc(=O)oc6c5)c5ccc6c(c5)c5ccccc5n6-c5ccc6ccc(=O)oc6c5)ccc43)cc2o1.O=c1oc(-n2c3ccccc3c3cc(N(c4ccc5c(c4)c4ccccc4n5-c4cc5ccccc5c(=O)o4)c4ccc5c(c4)c4ccccc4n5-c4cc5ccccc5c(=O)o4)ccc32)cc2ccccc12. The minimum Gasteiger partial charge on any atom is -0.423 e. The van der Waals surface area contributed by atoms with E-state index in [2.05, 4.69) is 224 Å². The zero-order valence-electron chi connectivity index (χ0n) is 77.0. The molecule has 0 radical (unpaired) electrons. The summed E-state index contributed by atoms with van der Waals surface area (Å²) in [5.74, 6) is 1.27. The summed E-state index contributed by atoms with van der Waals surface area (Å²) in [6, 6.07) is 144. The molecule has 18 aromatic carbocycles. The number of hydrogen-bond donors (Lipinski definition) is 0. The van der Waals surface area contributed by atoms with Crippen molar-refractivity contribution >= 4 is 230 Å². The molecular weight excluding hydrogens is 1820 g/mol. The summed E-state index contributed by atoms with van der Waals surface area (Å²) in [5.41, 5.74) is 18.6. The molecule has 12 aromatic heterocycles. The van der Waals surface area contributed by atoms with Crippen molar-refractivity contribution in [2.45, 2.75) is 0 Å². The minimum absolute atomic E-state index is 0.394. The van der Waals surface area contributed by atoms with E-state index in [9.17, 15) is 28.8 Å². The van der Waals surface area contributed by atoms with E-state index >= 15 is 0 Å². The topological polar surface area (TPSA) is 217 Å². The quantitative estimate of drug-likeness (QED) is 0.104. The van der Waals surface area contributed by atoms with Gasteiger partial charge in [-0.15, -0.1) is 0 Å². The van der Waals surface area contributed by atoms with Crippen molar-refractivity contribution in [3.05, 3.63) is 499 Å². The number of rotatable bonds is 12. The smallest absolute Gasteiger partial charge is 0.345 e. The van der Waals surface area contributed by atoms with Gasteiger partial charge in [0.15, 0.2) is 0 Å². The van der Waals surface area contributed by atoms with Gasteiger partial charge in [0, 0.05) is 187 Å². The van der Waals surface area contributed by atoms with Crippen LogP contribution in [-0.2, 0) is 0 Å². The van der Waals surface area contributed by atoms with Gasteiger partial charge in [0.05, 0.1) is 82.4 Å². The first-order valence-electron chi connectivity index (χ1n) is 47.8. The second-order valence-corrected chi connectivity index (χ2v) is 36.8. The van der Waals surface area contributed by atoms with Crippen LogP contribution in [0.4, 0.5) is 34.1 Å². The van der Waals surface area contributed by atoms with Crippen LogP contribution < -0.4 is 43.6 Å². The van der Waals surface area contributed by atoms with Crippen molar-refractivity contribution in [1.29, 1.82) is 0 Å². The minimum atomic E-state index is -0.402. The second kappa shape index (κ2) is 32.1. The lowest BCUT2D eigenvalue weighted by Crippen LogP contribution is -2.10. The molecule has 0 unspecified atom stereocenters. The largest absolute Gasteiger partial charge is 0.423 e. The van der Waals surface area contributed by atoms with Crippen LogP contribution >= 0.6 is 0 Å². The van der Waals surface area contributed by atoms with E-state index in [1.165, 1.54) is 18.2 Å². The van der Waals surface area contributed by atoms with Gasteiger partial charge in [0.2, 0.25) is 17.7 Å². The molecule has 0 amide bonds. The summed E-state index contributed by atoms with van der Waals surface area (Å²) in [5, 5.41) is 18.7. The number of hydrogen-bond acceptors (Lipinski definition) is 14. The van der Waals surface area contributed by atoms with Crippen LogP contribution in [0.25, 0.3) is 231 Å². The van der Waals surface area contributed by atoms with Gasteiger partial charge in [-0.2, -0.15) is 0 Å². The van der Waals surface area contributed by atoms with Crippen molar-refractivity contribution in [2.75, 3.05) is 9.80 Å². The van der Waals surface area contributed by atoms with Crippen LogP contribution in [0.3, 0.4) is 0 Å². The lowest BCUT2D eigenvalue weighted by molar-refractivity contribution is 0.501. The molecular formula is C126H72N8O12. The fourth-order valence-electron chi connectivity index (χ4n) is 22.3. The van der Waals surface area contributed by atoms with Crippen LogP contribution in [0.2, 0.25) is 0 Å². The molecule has 688 valence electrons. The molecule has 0 fully saturated rings.